The molecule has 0 spiro atoms. The van der Waals surface area contributed by atoms with Gasteiger partial charge in [0.05, 0.1) is 37.5 Å². The van der Waals surface area contributed by atoms with E-state index in [0.717, 1.165) is 22.7 Å². The number of rotatable bonds is 8. The lowest BCUT2D eigenvalue weighted by Gasteiger charge is -2.14. The fraction of sp³-hybridized carbons (Fsp3) is 0.273. The molecule has 0 aromatic heterocycles. The second kappa shape index (κ2) is 10.1. The van der Waals surface area contributed by atoms with Gasteiger partial charge in [0.25, 0.3) is 5.91 Å². The summed E-state index contributed by atoms with van der Waals surface area (Å²) in [4.78, 5) is 19.9. The van der Waals surface area contributed by atoms with Gasteiger partial charge in [-0.05, 0) is 55.1 Å². The van der Waals surface area contributed by atoms with Crippen LogP contribution in [0.3, 0.4) is 0 Å². The van der Waals surface area contributed by atoms with Crippen LogP contribution in [-0.2, 0) is 9.53 Å². The monoisotopic (exact) mass is 412 g/mol. The third kappa shape index (κ3) is 5.19. The average Bonchev–Trinajstić information content (AvgIpc) is 3.03. The smallest absolute Gasteiger partial charge is 0.266 e. The van der Waals surface area contributed by atoms with Crippen LogP contribution < -0.4 is 9.47 Å². The maximum Gasteiger partial charge on any atom is 0.266 e. The van der Waals surface area contributed by atoms with Crippen LogP contribution in [0.5, 0.6) is 11.5 Å². The molecule has 0 atom stereocenters. The standard InChI is InChI=1S/C22H24N2O4S/c1-4-28-19-8-6-5-7-16(19)15-20-21(25)24(13-14-26-2)22(29-20)23-17-9-11-18(27-3)12-10-17/h5-12,15H,4,13-14H2,1-3H3/b20-15-,23-22?. The predicted molar refractivity (Wildman–Crippen MR) is 117 cm³/mol. The van der Waals surface area contributed by atoms with Crippen molar-refractivity contribution in [3.05, 3.63) is 59.0 Å². The van der Waals surface area contributed by atoms with Gasteiger partial charge in [-0.2, -0.15) is 0 Å². The van der Waals surface area contributed by atoms with E-state index in [4.69, 9.17) is 14.2 Å². The lowest BCUT2D eigenvalue weighted by molar-refractivity contribution is -0.122. The van der Waals surface area contributed by atoms with Crippen LogP contribution in [0.4, 0.5) is 5.69 Å². The molecule has 0 unspecified atom stereocenters. The molecule has 0 bridgehead atoms. The first-order chi connectivity index (χ1) is 14.2. The molecule has 1 fully saturated rings. The lowest BCUT2D eigenvalue weighted by Crippen LogP contribution is -2.32. The Bertz CT molecular complexity index is 909. The lowest BCUT2D eigenvalue weighted by atomic mass is 10.2. The molecule has 3 rings (SSSR count). The Balaban J connectivity index is 1.92. The number of carbonyl (C=O) groups excluding carboxylic acids is 1. The van der Waals surface area contributed by atoms with Gasteiger partial charge < -0.3 is 14.2 Å². The van der Waals surface area contributed by atoms with Crippen LogP contribution in [-0.4, -0.2) is 50.0 Å². The zero-order valence-electron chi connectivity index (χ0n) is 16.8. The minimum absolute atomic E-state index is 0.0920. The summed E-state index contributed by atoms with van der Waals surface area (Å²) in [7, 11) is 3.24. The van der Waals surface area contributed by atoms with E-state index < -0.39 is 0 Å². The third-order valence-electron chi connectivity index (χ3n) is 4.21. The molecule has 29 heavy (non-hydrogen) atoms. The maximum absolute atomic E-state index is 13.0. The van der Waals surface area contributed by atoms with Crippen molar-refractivity contribution in [3.8, 4) is 11.5 Å². The summed E-state index contributed by atoms with van der Waals surface area (Å²) in [5.74, 6) is 1.42. The molecule has 1 aliphatic heterocycles. The van der Waals surface area contributed by atoms with E-state index in [1.54, 1.807) is 19.1 Å². The SMILES string of the molecule is CCOc1ccccc1/C=C1\SC(=Nc2ccc(OC)cc2)N(CCOC)C1=O. The molecule has 0 radical (unpaired) electrons. The molecule has 2 aromatic rings. The van der Waals surface area contributed by atoms with E-state index in [9.17, 15) is 4.79 Å². The van der Waals surface area contributed by atoms with Crippen LogP contribution in [0.15, 0.2) is 58.4 Å². The van der Waals surface area contributed by atoms with Crippen LogP contribution in [0.2, 0.25) is 0 Å². The molecule has 2 aromatic carbocycles. The molecule has 1 saturated heterocycles. The van der Waals surface area contributed by atoms with Crippen molar-refractivity contribution in [2.75, 3.05) is 34.0 Å². The number of methoxy groups -OCH3 is 2. The fourth-order valence-corrected chi connectivity index (χ4v) is 3.78. The molecule has 7 heteroatoms. The first-order valence-electron chi connectivity index (χ1n) is 9.31. The Hall–Kier alpha value is -2.77. The van der Waals surface area contributed by atoms with Crippen LogP contribution in [0, 0.1) is 0 Å². The quantitative estimate of drug-likeness (QED) is 0.604. The Morgan fingerprint density at radius 1 is 1.10 bits per heavy atom. The number of amidine groups is 1. The Morgan fingerprint density at radius 3 is 2.55 bits per heavy atom. The Kier molecular flexibility index (Phi) is 7.32. The van der Waals surface area contributed by atoms with Crippen molar-refractivity contribution >= 4 is 34.6 Å². The van der Waals surface area contributed by atoms with E-state index in [1.807, 2.05) is 61.5 Å². The molecule has 6 nitrogen and oxygen atoms in total. The highest BCUT2D eigenvalue weighted by Crippen LogP contribution is 2.35. The number of hydrogen-bond acceptors (Lipinski definition) is 6. The molecule has 1 amide bonds. The van der Waals surface area contributed by atoms with E-state index >= 15 is 0 Å². The third-order valence-corrected chi connectivity index (χ3v) is 5.22. The van der Waals surface area contributed by atoms with Gasteiger partial charge in [0.15, 0.2) is 5.17 Å². The van der Waals surface area contributed by atoms with Gasteiger partial charge in [-0.15, -0.1) is 0 Å². The molecule has 1 aliphatic rings. The zero-order chi connectivity index (χ0) is 20.6. The van der Waals surface area contributed by atoms with Gasteiger partial charge in [-0.1, -0.05) is 18.2 Å². The highest BCUT2D eigenvalue weighted by Gasteiger charge is 2.33. The first kappa shape index (κ1) is 21.0. The molecule has 0 saturated carbocycles. The summed E-state index contributed by atoms with van der Waals surface area (Å²) in [6, 6.07) is 15.1. The second-order valence-corrected chi connectivity index (χ2v) is 7.13. The summed E-state index contributed by atoms with van der Waals surface area (Å²) in [5.41, 5.74) is 1.61. The molecule has 0 N–H and O–H groups in total. The second-order valence-electron chi connectivity index (χ2n) is 6.12. The minimum atomic E-state index is -0.0920. The fourth-order valence-electron chi connectivity index (χ4n) is 2.77. The molecule has 152 valence electrons. The van der Waals surface area contributed by atoms with E-state index in [2.05, 4.69) is 4.99 Å². The number of amides is 1. The number of thioether (sulfide) groups is 1. The van der Waals surface area contributed by atoms with Gasteiger partial charge in [0, 0.05) is 12.7 Å². The molecule has 1 heterocycles. The number of aliphatic imine (C=N–C) groups is 1. The van der Waals surface area contributed by atoms with Gasteiger partial charge in [0.1, 0.15) is 11.5 Å². The van der Waals surface area contributed by atoms with Crippen molar-refractivity contribution in [3.63, 3.8) is 0 Å². The van der Waals surface area contributed by atoms with Gasteiger partial charge in [-0.3, -0.25) is 9.69 Å². The zero-order valence-corrected chi connectivity index (χ0v) is 17.6. The first-order valence-corrected chi connectivity index (χ1v) is 10.1. The topological polar surface area (TPSA) is 60.4 Å². The summed E-state index contributed by atoms with van der Waals surface area (Å²) in [6.07, 6.45) is 1.86. The number of carbonyl (C=O) groups is 1. The Labute approximate surface area is 175 Å². The van der Waals surface area contributed by atoms with Crippen molar-refractivity contribution < 1.29 is 19.0 Å². The van der Waals surface area contributed by atoms with Gasteiger partial charge in [-0.25, -0.2) is 4.99 Å². The molecule has 0 aliphatic carbocycles. The Morgan fingerprint density at radius 2 is 1.86 bits per heavy atom. The van der Waals surface area contributed by atoms with Crippen LogP contribution in [0.1, 0.15) is 12.5 Å². The number of benzene rings is 2. The van der Waals surface area contributed by atoms with E-state index in [1.165, 1.54) is 11.8 Å². The summed E-state index contributed by atoms with van der Waals surface area (Å²) >= 11 is 1.35. The molecular weight excluding hydrogens is 388 g/mol. The number of para-hydroxylation sites is 1. The largest absolute Gasteiger partial charge is 0.497 e. The van der Waals surface area contributed by atoms with Crippen molar-refractivity contribution in [2.24, 2.45) is 4.99 Å². The molecular formula is C22H24N2O4S. The maximum atomic E-state index is 13.0. The minimum Gasteiger partial charge on any atom is -0.497 e. The normalized spacial score (nSPS) is 16.7. The van der Waals surface area contributed by atoms with Crippen LogP contribution in [0.25, 0.3) is 6.08 Å². The summed E-state index contributed by atoms with van der Waals surface area (Å²) < 4.78 is 16.0. The van der Waals surface area contributed by atoms with Crippen molar-refractivity contribution in [2.45, 2.75) is 6.92 Å². The predicted octanol–water partition coefficient (Wildman–Crippen LogP) is 4.34. The van der Waals surface area contributed by atoms with Gasteiger partial charge >= 0.3 is 0 Å². The highest BCUT2D eigenvalue weighted by atomic mass is 32.2. The summed E-state index contributed by atoms with van der Waals surface area (Å²) in [6.45, 7) is 3.36. The van der Waals surface area contributed by atoms with Crippen molar-refractivity contribution in [1.82, 2.24) is 4.90 Å². The van der Waals surface area contributed by atoms with Crippen LogP contribution >= 0.6 is 11.8 Å². The average molecular weight is 413 g/mol. The number of hydrogen-bond donors (Lipinski definition) is 0. The van der Waals surface area contributed by atoms with E-state index in [0.29, 0.717) is 29.8 Å². The van der Waals surface area contributed by atoms with Crippen molar-refractivity contribution in [1.29, 1.82) is 0 Å². The summed E-state index contributed by atoms with van der Waals surface area (Å²) in [5, 5.41) is 0.623. The van der Waals surface area contributed by atoms with Gasteiger partial charge in [0.2, 0.25) is 0 Å². The highest BCUT2D eigenvalue weighted by molar-refractivity contribution is 8.18. The number of nitrogens with zero attached hydrogens (tertiary/aromatic N) is 2. The number of ether oxygens (including phenoxy) is 3. The van der Waals surface area contributed by atoms with E-state index in [-0.39, 0.29) is 5.91 Å².